The van der Waals surface area contributed by atoms with Gasteiger partial charge in [0.05, 0.1) is 12.4 Å². The lowest BCUT2D eigenvalue weighted by Crippen LogP contribution is -2.50. The summed E-state index contributed by atoms with van der Waals surface area (Å²) in [6, 6.07) is 0.0790. The molecule has 3 rings (SSSR count). The van der Waals surface area contributed by atoms with Gasteiger partial charge in [0, 0.05) is 45.5 Å². The molecule has 1 aromatic heterocycles. The maximum atomic E-state index is 12.8. The second kappa shape index (κ2) is 6.12. The number of likely N-dealkylation sites (N-methyl/N-ethyl adjacent to an activating group) is 1. The van der Waals surface area contributed by atoms with Gasteiger partial charge in [0.15, 0.2) is 5.03 Å². The Hall–Kier alpha value is -1.45. The average molecular weight is 355 g/mol. The van der Waals surface area contributed by atoms with E-state index in [-0.39, 0.29) is 35.0 Å². The van der Waals surface area contributed by atoms with E-state index >= 15 is 0 Å². The standard InChI is InChI=1S/C15H25N5O3S/c1-10(2)20-12(15(21)16-3)5-11-6-19(7-13(11)20)24(22,23)14-8-18(4)9-17-14/h8-13H,5-7H2,1-4H3,(H,16,21)/t11-,12-,13+/m1/s1. The van der Waals surface area contributed by atoms with Crippen LogP contribution in [0.3, 0.4) is 0 Å². The molecule has 1 N–H and O–H groups in total. The van der Waals surface area contributed by atoms with Gasteiger partial charge >= 0.3 is 0 Å². The van der Waals surface area contributed by atoms with Crippen LogP contribution >= 0.6 is 0 Å². The number of hydrogen-bond acceptors (Lipinski definition) is 5. The van der Waals surface area contributed by atoms with Crippen molar-refractivity contribution >= 4 is 15.9 Å². The molecule has 24 heavy (non-hydrogen) atoms. The molecule has 0 aliphatic carbocycles. The molecule has 2 aliphatic rings. The monoisotopic (exact) mass is 355 g/mol. The smallest absolute Gasteiger partial charge is 0.262 e. The largest absolute Gasteiger partial charge is 0.358 e. The van der Waals surface area contributed by atoms with Crippen molar-refractivity contribution in [1.29, 1.82) is 0 Å². The van der Waals surface area contributed by atoms with Crippen molar-refractivity contribution in [3.8, 4) is 0 Å². The first-order valence-electron chi connectivity index (χ1n) is 8.23. The van der Waals surface area contributed by atoms with Gasteiger partial charge in [-0.25, -0.2) is 13.4 Å². The Morgan fingerprint density at radius 1 is 1.38 bits per heavy atom. The number of aromatic nitrogens is 2. The second-order valence-electron chi connectivity index (χ2n) is 6.93. The molecule has 2 fully saturated rings. The fourth-order valence-corrected chi connectivity index (χ4v) is 5.51. The van der Waals surface area contributed by atoms with Crippen LogP contribution in [0.2, 0.25) is 0 Å². The van der Waals surface area contributed by atoms with Crippen molar-refractivity contribution in [2.45, 2.75) is 43.4 Å². The van der Waals surface area contributed by atoms with E-state index in [9.17, 15) is 13.2 Å². The van der Waals surface area contributed by atoms with E-state index in [0.29, 0.717) is 19.5 Å². The summed E-state index contributed by atoms with van der Waals surface area (Å²) in [7, 11) is -0.183. The molecule has 0 saturated carbocycles. The van der Waals surface area contributed by atoms with Gasteiger partial charge in [-0.3, -0.25) is 9.69 Å². The summed E-state index contributed by atoms with van der Waals surface area (Å²) in [5.41, 5.74) is 0. The highest BCUT2D eigenvalue weighted by atomic mass is 32.2. The normalized spacial score (nSPS) is 28.5. The van der Waals surface area contributed by atoms with Gasteiger partial charge in [-0.05, 0) is 26.2 Å². The molecule has 3 atom stereocenters. The molecule has 134 valence electrons. The summed E-state index contributed by atoms with van der Waals surface area (Å²) in [5, 5.41) is 2.81. The minimum absolute atomic E-state index is 0.0113. The van der Waals surface area contributed by atoms with Crippen molar-refractivity contribution < 1.29 is 13.2 Å². The number of sulfonamides is 1. The average Bonchev–Trinajstić information content (AvgIpc) is 3.18. The molecule has 8 nitrogen and oxygen atoms in total. The molecule has 2 aliphatic heterocycles. The zero-order valence-corrected chi connectivity index (χ0v) is 15.3. The zero-order valence-electron chi connectivity index (χ0n) is 14.5. The van der Waals surface area contributed by atoms with Crippen molar-refractivity contribution in [1.82, 2.24) is 24.1 Å². The lowest BCUT2D eigenvalue weighted by molar-refractivity contribution is -0.126. The molecule has 1 aromatic rings. The van der Waals surface area contributed by atoms with Gasteiger partial charge in [0.2, 0.25) is 5.91 Å². The Balaban J connectivity index is 1.82. The van der Waals surface area contributed by atoms with Crippen LogP contribution in [0.5, 0.6) is 0 Å². The van der Waals surface area contributed by atoms with Crippen LogP contribution in [-0.4, -0.2) is 71.3 Å². The van der Waals surface area contributed by atoms with Crippen LogP contribution in [0.1, 0.15) is 20.3 Å². The molecule has 0 aromatic carbocycles. The number of rotatable bonds is 4. The molecule has 2 saturated heterocycles. The molecule has 9 heteroatoms. The maximum absolute atomic E-state index is 12.8. The van der Waals surface area contributed by atoms with Gasteiger partial charge < -0.3 is 9.88 Å². The fourth-order valence-electron chi connectivity index (χ4n) is 4.03. The topological polar surface area (TPSA) is 87.5 Å². The van der Waals surface area contributed by atoms with Crippen LogP contribution in [0.4, 0.5) is 0 Å². The Bertz CT molecular complexity index is 729. The van der Waals surface area contributed by atoms with Crippen molar-refractivity contribution in [2.75, 3.05) is 20.1 Å². The maximum Gasteiger partial charge on any atom is 0.262 e. The summed E-state index contributed by atoms with van der Waals surface area (Å²) in [4.78, 5) is 18.3. The minimum Gasteiger partial charge on any atom is -0.358 e. The van der Waals surface area contributed by atoms with Crippen LogP contribution in [0, 0.1) is 5.92 Å². The van der Waals surface area contributed by atoms with Crippen LogP contribution in [0.25, 0.3) is 0 Å². The van der Waals surface area contributed by atoms with Gasteiger partial charge in [0.25, 0.3) is 10.0 Å². The van der Waals surface area contributed by atoms with E-state index in [0.717, 1.165) is 0 Å². The number of aryl methyl sites for hydroxylation is 1. The summed E-state index contributed by atoms with van der Waals surface area (Å²) in [6.45, 7) is 4.96. The Kier molecular flexibility index (Phi) is 4.43. The lowest BCUT2D eigenvalue weighted by atomic mass is 10.0. The SMILES string of the molecule is CNC(=O)[C@H]1C[C@@H]2CN(S(=O)(=O)c3cn(C)cn3)C[C@@H]2N1C(C)C. The molecule has 0 unspecified atom stereocenters. The number of nitrogens with zero attached hydrogens (tertiary/aromatic N) is 4. The van der Waals surface area contributed by atoms with Gasteiger partial charge in [-0.1, -0.05) is 0 Å². The number of imidazole rings is 1. The van der Waals surface area contributed by atoms with E-state index in [1.165, 1.54) is 16.8 Å². The van der Waals surface area contributed by atoms with Crippen LogP contribution < -0.4 is 5.32 Å². The molecular formula is C15H25N5O3S. The van der Waals surface area contributed by atoms with Crippen molar-refractivity contribution in [3.63, 3.8) is 0 Å². The van der Waals surface area contributed by atoms with E-state index in [1.54, 1.807) is 18.7 Å². The molecule has 3 heterocycles. The van der Waals surface area contributed by atoms with E-state index < -0.39 is 10.0 Å². The van der Waals surface area contributed by atoms with Crippen molar-refractivity contribution in [2.24, 2.45) is 13.0 Å². The highest BCUT2D eigenvalue weighted by Gasteiger charge is 2.52. The number of likely N-dealkylation sites (tertiary alicyclic amines) is 1. The third-order valence-electron chi connectivity index (χ3n) is 5.07. The predicted octanol–water partition coefficient (Wildman–Crippen LogP) is -0.362. The number of fused-ring (bicyclic) bond motifs is 1. The zero-order chi connectivity index (χ0) is 17.6. The first kappa shape index (κ1) is 17.4. The fraction of sp³-hybridized carbons (Fsp3) is 0.733. The van der Waals surface area contributed by atoms with Gasteiger partial charge in [0.1, 0.15) is 0 Å². The number of carbonyl (C=O) groups is 1. The predicted molar refractivity (Wildman–Crippen MR) is 88.7 cm³/mol. The third kappa shape index (κ3) is 2.74. The molecule has 0 spiro atoms. The van der Waals surface area contributed by atoms with Crippen molar-refractivity contribution in [3.05, 3.63) is 12.5 Å². The highest BCUT2D eigenvalue weighted by Crippen LogP contribution is 2.38. The summed E-state index contributed by atoms with van der Waals surface area (Å²) in [6.07, 6.45) is 3.71. The number of nitrogens with one attached hydrogen (secondary N) is 1. The molecular weight excluding hydrogens is 330 g/mol. The lowest BCUT2D eigenvalue weighted by Gasteiger charge is -2.32. The summed E-state index contributed by atoms with van der Waals surface area (Å²) >= 11 is 0. The van der Waals surface area contributed by atoms with Crippen LogP contribution in [-0.2, 0) is 21.9 Å². The number of hydrogen-bond donors (Lipinski definition) is 1. The Morgan fingerprint density at radius 2 is 2.08 bits per heavy atom. The van der Waals surface area contributed by atoms with E-state index in [1.807, 2.05) is 13.8 Å². The minimum atomic E-state index is -3.58. The molecule has 0 bridgehead atoms. The first-order chi connectivity index (χ1) is 11.3. The second-order valence-corrected chi connectivity index (χ2v) is 8.82. The van der Waals surface area contributed by atoms with Crippen LogP contribution in [0.15, 0.2) is 17.6 Å². The molecule has 1 amide bonds. The third-order valence-corrected chi connectivity index (χ3v) is 6.79. The summed E-state index contributed by atoms with van der Waals surface area (Å²) in [5.74, 6) is 0.186. The summed E-state index contributed by atoms with van der Waals surface area (Å²) < 4.78 is 28.7. The number of amides is 1. The van der Waals surface area contributed by atoms with Gasteiger partial charge in [-0.15, -0.1) is 0 Å². The van der Waals surface area contributed by atoms with Gasteiger partial charge in [-0.2, -0.15) is 4.31 Å². The van der Waals surface area contributed by atoms with E-state index in [4.69, 9.17) is 0 Å². The quantitative estimate of drug-likeness (QED) is 0.797. The van der Waals surface area contributed by atoms with E-state index in [2.05, 4.69) is 15.2 Å². The highest BCUT2D eigenvalue weighted by molar-refractivity contribution is 7.89. The number of carbonyl (C=O) groups excluding carboxylic acids is 1. The Morgan fingerprint density at radius 3 is 2.62 bits per heavy atom. The Labute approximate surface area is 142 Å². The molecule has 0 radical (unpaired) electrons. The first-order valence-corrected chi connectivity index (χ1v) is 9.67.